The minimum atomic E-state index is 0.156. The van der Waals surface area contributed by atoms with Gasteiger partial charge in [-0.3, -0.25) is 4.79 Å². The molecule has 1 amide bonds. The molecule has 1 aromatic rings. The van der Waals surface area contributed by atoms with Gasteiger partial charge in [-0.2, -0.15) is 0 Å². The van der Waals surface area contributed by atoms with E-state index in [2.05, 4.69) is 29.2 Å². The SMILES string of the molecule is O=C(C1Cc2ccccc2C1)N1CCCCC1CCCl. The van der Waals surface area contributed by atoms with E-state index in [9.17, 15) is 4.79 Å². The van der Waals surface area contributed by atoms with Crippen molar-refractivity contribution in [3.8, 4) is 0 Å². The number of amides is 1. The predicted molar refractivity (Wildman–Crippen MR) is 82.0 cm³/mol. The summed E-state index contributed by atoms with van der Waals surface area (Å²) >= 11 is 5.90. The molecule has 1 saturated heterocycles. The van der Waals surface area contributed by atoms with Crippen molar-refractivity contribution >= 4 is 17.5 Å². The lowest BCUT2D eigenvalue weighted by Gasteiger charge is -2.37. The van der Waals surface area contributed by atoms with E-state index in [1.165, 1.54) is 17.5 Å². The van der Waals surface area contributed by atoms with Crippen LogP contribution < -0.4 is 0 Å². The quantitative estimate of drug-likeness (QED) is 0.782. The van der Waals surface area contributed by atoms with Crippen LogP contribution in [0.5, 0.6) is 0 Å². The Kier molecular flexibility index (Phi) is 4.30. The van der Waals surface area contributed by atoms with Crippen LogP contribution in [0.1, 0.15) is 36.8 Å². The van der Waals surface area contributed by atoms with Crippen LogP contribution in [0.15, 0.2) is 24.3 Å². The Bertz CT molecular complexity index is 461. The van der Waals surface area contributed by atoms with Crippen LogP contribution in [0.4, 0.5) is 0 Å². The van der Waals surface area contributed by atoms with Crippen LogP contribution in [-0.4, -0.2) is 29.3 Å². The molecule has 1 heterocycles. The zero-order valence-corrected chi connectivity index (χ0v) is 12.6. The first-order valence-electron chi connectivity index (χ1n) is 7.73. The van der Waals surface area contributed by atoms with E-state index in [0.29, 0.717) is 17.8 Å². The van der Waals surface area contributed by atoms with Gasteiger partial charge in [0.05, 0.1) is 0 Å². The number of halogens is 1. The van der Waals surface area contributed by atoms with Gasteiger partial charge in [-0.25, -0.2) is 0 Å². The fraction of sp³-hybridized carbons (Fsp3) is 0.588. The van der Waals surface area contributed by atoms with Crippen molar-refractivity contribution in [3.05, 3.63) is 35.4 Å². The molecule has 20 heavy (non-hydrogen) atoms. The number of hydrogen-bond acceptors (Lipinski definition) is 1. The van der Waals surface area contributed by atoms with Crippen molar-refractivity contribution in [1.29, 1.82) is 0 Å². The topological polar surface area (TPSA) is 20.3 Å². The van der Waals surface area contributed by atoms with Crippen LogP contribution in [-0.2, 0) is 17.6 Å². The van der Waals surface area contributed by atoms with Crippen LogP contribution in [0.25, 0.3) is 0 Å². The first-order chi connectivity index (χ1) is 9.79. The van der Waals surface area contributed by atoms with E-state index in [0.717, 1.165) is 38.6 Å². The molecular weight excluding hydrogens is 270 g/mol. The van der Waals surface area contributed by atoms with Crippen LogP contribution in [0, 0.1) is 5.92 Å². The van der Waals surface area contributed by atoms with Gasteiger partial charge < -0.3 is 4.90 Å². The van der Waals surface area contributed by atoms with Gasteiger partial charge in [-0.05, 0) is 49.7 Å². The molecule has 0 N–H and O–H groups in total. The lowest BCUT2D eigenvalue weighted by atomic mass is 9.96. The highest BCUT2D eigenvalue weighted by atomic mass is 35.5. The van der Waals surface area contributed by atoms with Gasteiger partial charge in [0.1, 0.15) is 0 Å². The highest BCUT2D eigenvalue weighted by molar-refractivity contribution is 6.17. The summed E-state index contributed by atoms with van der Waals surface area (Å²) in [7, 11) is 0. The third-order valence-electron chi connectivity index (χ3n) is 4.75. The molecule has 1 fully saturated rings. The van der Waals surface area contributed by atoms with Crippen molar-refractivity contribution in [2.24, 2.45) is 5.92 Å². The van der Waals surface area contributed by atoms with E-state index < -0.39 is 0 Å². The van der Waals surface area contributed by atoms with Crippen molar-refractivity contribution in [3.63, 3.8) is 0 Å². The molecule has 0 saturated carbocycles. The number of piperidine rings is 1. The number of rotatable bonds is 3. The molecule has 3 heteroatoms. The molecule has 1 atom stereocenters. The summed E-state index contributed by atoms with van der Waals surface area (Å²) in [6.07, 6.45) is 6.27. The molecule has 0 spiro atoms. The van der Waals surface area contributed by atoms with Crippen molar-refractivity contribution in [2.45, 2.75) is 44.6 Å². The number of alkyl halides is 1. The number of carbonyl (C=O) groups excluding carboxylic acids is 1. The second-order valence-electron chi connectivity index (χ2n) is 6.03. The number of nitrogens with zero attached hydrogens (tertiary/aromatic N) is 1. The number of benzene rings is 1. The third-order valence-corrected chi connectivity index (χ3v) is 4.97. The summed E-state index contributed by atoms with van der Waals surface area (Å²) in [5.74, 6) is 1.17. The smallest absolute Gasteiger partial charge is 0.226 e. The highest BCUT2D eigenvalue weighted by Gasteiger charge is 2.34. The Balaban J connectivity index is 1.70. The maximum atomic E-state index is 12.8. The summed E-state index contributed by atoms with van der Waals surface area (Å²) in [5.41, 5.74) is 2.72. The van der Waals surface area contributed by atoms with Crippen LogP contribution in [0.2, 0.25) is 0 Å². The highest BCUT2D eigenvalue weighted by Crippen LogP contribution is 2.30. The maximum Gasteiger partial charge on any atom is 0.226 e. The normalized spacial score (nSPS) is 22.9. The van der Waals surface area contributed by atoms with E-state index in [1.54, 1.807) is 0 Å². The summed E-state index contributed by atoms with van der Waals surface area (Å²) < 4.78 is 0. The first kappa shape index (κ1) is 13.9. The molecule has 0 bridgehead atoms. The van der Waals surface area contributed by atoms with Crippen molar-refractivity contribution in [2.75, 3.05) is 12.4 Å². The monoisotopic (exact) mass is 291 g/mol. The van der Waals surface area contributed by atoms with E-state index >= 15 is 0 Å². The Hall–Kier alpha value is -1.02. The Morgan fingerprint density at radius 3 is 2.55 bits per heavy atom. The number of hydrogen-bond donors (Lipinski definition) is 0. The van der Waals surface area contributed by atoms with Crippen molar-refractivity contribution < 1.29 is 4.79 Å². The van der Waals surface area contributed by atoms with Crippen molar-refractivity contribution in [1.82, 2.24) is 4.90 Å². The fourth-order valence-corrected chi connectivity index (χ4v) is 3.94. The standard InChI is InChI=1S/C17H22ClNO/c18-9-8-16-7-3-4-10-19(16)17(20)15-11-13-5-1-2-6-14(13)12-15/h1-2,5-6,15-16H,3-4,7-12H2. The predicted octanol–water partition coefficient (Wildman–Crippen LogP) is 3.41. The molecule has 108 valence electrons. The molecule has 2 nitrogen and oxygen atoms in total. The lowest BCUT2D eigenvalue weighted by Crippen LogP contribution is -2.46. The molecular formula is C17H22ClNO. The van der Waals surface area contributed by atoms with Gasteiger partial charge in [-0.1, -0.05) is 24.3 Å². The second kappa shape index (κ2) is 6.17. The fourth-order valence-electron chi connectivity index (χ4n) is 3.68. The van der Waals surface area contributed by atoms with E-state index in [-0.39, 0.29) is 5.92 Å². The van der Waals surface area contributed by atoms with Gasteiger partial charge in [0, 0.05) is 24.4 Å². The number of carbonyl (C=O) groups is 1. The van der Waals surface area contributed by atoms with Gasteiger partial charge >= 0.3 is 0 Å². The van der Waals surface area contributed by atoms with Crippen LogP contribution in [0.3, 0.4) is 0 Å². The van der Waals surface area contributed by atoms with Gasteiger partial charge in [-0.15, -0.1) is 11.6 Å². The summed E-state index contributed by atoms with van der Waals surface area (Å²) in [5, 5.41) is 0. The minimum Gasteiger partial charge on any atom is -0.339 e. The van der Waals surface area contributed by atoms with Gasteiger partial charge in [0.2, 0.25) is 5.91 Å². The molecule has 1 aliphatic carbocycles. The molecule has 2 aliphatic rings. The van der Waals surface area contributed by atoms with Gasteiger partial charge in [0.15, 0.2) is 0 Å². The second-order valence-corrected chi connectivity index (χ2v) is 6.41. The zero-order valence-electron chi connectivity index (χ0n) is 11.9. The summed E-state index contributed by atoms with van der Waals surface area (Å²) in [4.78, 5) is 15.0. The molecule has 1 aliphatic heterocycles. The molecule has 0 radical (unpaired) electrons. The number of likely N-dealkylation sites (tertiary alicyclic amines) is 1. The van der Waals surface area contributed by atoms with Gasteiger partial charge in [0.25, 0.3) is 0 Å². The van der Waals surface area contributed by atoms with Crippen LogP contribution >= 0.6 is 11.6 Å². The molecule has 1 unspecified atom stereocenters. The minimum absolute atomic E-state index is 0.156. The summed E-state index contributed by atoms with van der Waals surface area (Å²) in [6, 6.07) is 8.84. The average molecular weight is 292 g/mol. The largest absolute Gasteiger partial charge is 0.339 e. The van der Waals surface area contributed by atoms with E-state index in [1.807, 2.05) is 0 Å². The Morgan fingerprint density at radius 1 is 1.20 bits per heavy atom. The Morgan fingerprint density at radius 2 is 1.90 bits per heavy atom. The zero-order chi connectivity index (χ0) is 13.9. The maximum absolute atomic E-state index is 12.8. The third kappa shape index (κ3) is 2.71. The molecule has 3 rings (SSSR count). The molecule has 0 aromatic heterocycles. The lowest BCUT2D eigenvalue weighted by molar-refractivity contribution is -0.139. The summed E-state index contributed by atoms with van der Waals surface area (Å²) in [6.45, 7) is 0.924. The molecule has 1 aromatic carbocycles. The van der Waals surface area contributed by atoms with E-state index in [4.69, 9.17) is 11.6 Å². The number of fused-ring (bicyclic) bond motifs is 1. The Labute approximate surface area is 126 Å². The first-order valence-corrected chi connectivity index (χ1v) is 8.26. The average Bonchev–Trinajstić information content (AvgIpc) is 2.91.